The molecule has 1 unspecified atom stereocenters. The number of likely N-dealkylation sites (tertiary alicyclic amines) is 1. The third kappa shape index (κ3) is 8.42. The first-order valence-electron chi connectivity index (χ1n) is 18.4. The molecule has 1 aliphatic rings. The van der Waals surface area contributed by atoms with Gasteiger partial charge in [-0.25, -0.2) is 19.6 Å². The van der Waals surface area contributed by atoms with Gasteiger partial charge >= 0.3 is 12.2 Å². The zero-order valence-corrected chi connectivity index (χ0v) is 32.3. The van der Waals surface area contributed by atoms with Gasteiger partial charge in [-0.1, -0.05) is 90.1 Å². The number of methoxy groups -OCH3 is 2. The lowest BCUT2D eigenvalue weighted by atomic mass is 9.95. The van der Waals surface area contributed by atoms with Crippen LogP contribution < -0.4 is 11.1 Å². The van der Waals surface area contributed by atoms with Gasteiger partial charge in [-0.05, 0) is 52.8 Å². The number of carbonyl (C=O) groups is 4. The van der Waals surface area contributed by atoms with Crippen molar-refractivity contribution in [2.45, 2.75) is 78.6 Å². The molecule has 0 spiro atoms. The molecule has 288 valence electrons. The van der Waals surface area contributed by atoms with Gasteiger partial charge in [0.05, 0.1) is 50.1 Å². The number of aromatic amines is 2. The lowest BCUT2D eigenvalue weighted by Gasteiger charge is -2.38. The Kier molecular flexibility index (Phi) is 12.4. The SMILES string of the molecule is COC(=O)N[C@H](C(=O)N1CCCC1c1ncc(-c2ccc(-c3ccc(-c4cnc([C@@H](C(C)C)N(C(=O)OC)[C@H](C(N)=O)C(C)C)[nH]4)cc3)cc2)[nH]1)C(C)C. The Morgan fingerprint density at radius 1 is 0.796 bits per heavy atom. The Morgan fingerprint density at radius 2 is 1.35 bits per heavy atom. The number of hydrogen-bond donors (Lipinski definition) is 4. The van der Waals surface area contributed by atoms with Crippen LogP contribution >= 0.6 is 0 Å². The summed E-state index contributed by atoms with van der Waals surface area (Å²) in [5.74, 6) is 0.0251. The fourth-order valence-corrected chi connectivity index (χ4v) is 7.22. The van der Waals surface area contributed by atoms with Gasteiger partial charge in [0.15, 0.2) is 0 Å². The summed E-state index contributed by atoms with van der Waals surface area (Å²) in [6.07, 6.45) is 3.84. The largest absolute Gasteiger partial charge is 0.453 e. The zero-order valence-electron chi connectivity index (χ0n) is 32.3. The van der Waals surface area contributed by atoms with Crippen LogP contribution in [0.15, 0.2) is 60.9 Å². The van der Waals surface area contributed by atoms with Crippen molar-refractivity contribution in [1.29, 1.82) is 0 Å². The fraction of sp³-hybridized carbons (Fsp3) is 0.450. The van der Waals surface area contributed by atoms with Crippen LogP contribution in [0.5, 0.6) is 0 Å². The zero-order chi connectivity index (χ0) is 39.3. The highest BCUT2D eigenvalue weighted by Crippen LogP contribution is 2.35. The van der Waals surface area contributed by atoms with Gasteiger partial charge in [-0.2, -0.15) is 0 Å². The van der Waals surface area contributed by atoms with Gasteiger partial charge in [0.25, 0.3) is 0 Å². The number of nitrogens with two attached hydrogens (primary N) is 1. The van der Waals surface area contributed by atoms with Crippen molar-refractivity contribution in [2.75, 3.05) is 20.8 Å². The summed E-state index contributed by atoms with van der Waals surface area (Å²) >= 11 is 0. The topological polar surface area (TPSA) is 189 Å². The number of aromatic nitrogens is 4. The number of hydrogen-bond acceptors (Lipinski definition) is 8. The van der Waals surface area contributed by atoms with Crippen molar-refractivity contribution in [3.63, 3.8) is 0 Å². The average Bonchev–Trinajstić information content (AvgIpc) is 3.94. The Labute approximate surface area is 316 Å². The van der Waals surface area contributed by atoms with E-state index >= 15 is 0 Å². The summed E-state index contributed by atoms with van der Waals surface area (Å²) in [5.41, 5.74) is 11.3. The third-order valence-electron chi connectivity index (χ3n) is 9.98. The Bertz CT molecular complexity index is 1920. The highest BCUT2D eigenvalue weighted by molar-refractivity contribution is 5.86. The number of benzene rings is 2. The number of nitrogens with one attached hydrogen (secondary N) is 3. The molecule has 14 nitrogen and oxygen atoms in total. The third-order valence-corrected chi connectivity index (χ3v) is 9.98. The van der Waals surface area contributed by atoms with Crippen molar-refractivity contribution in [3.8, 4) is 33.6 Å². The summed E-state index contributed by atoms with van der Waals surface area (Å²) < 4.78 is 9.84. The minimum absolute atomic E-state index is 0.108. The summed E-state index contributed by atoms with van der Waals surface area (Å²) in [4.78, 5) is 70.3. The van der Waals surface area contributed by atoms with Crippen LogP contribution in [0.25, 0.3) is 33.6 Å². The summed E-state index contributed by atoms with van der Waals surface area (Å²) in [5, 5.41) is 2.69. The van der Waals surface area contributed by atoms with E-state index in [1.807, 2.05) is 77.9 Å². The van der Waals surface area contributed by atoms with Gasteiger partial charge in [0.1, 0.15) is 23.7 Å². The Balaban J connectivity index is 1.30. The molecule has 0 saturated carbocycles. The van der Waals surface area contributed by atoms with Crippen LogP contribution in [0.1, 0.15) is 78.1 Å². The summed E-state index contributed by atoms with van der Waals surface area (Å²) in [6.45, 7) is 12.0. The van der Waals surface area contributed by atoms with E-state index in [0.29, 0.717) is 18.2 Å². The molecule has 1 fully saturated rings. The van der Waals surface area contributed by atoms with Gasteiger partial charge < -0.3 is 35.4 Å². The van der Waals surface area contributed by atoms with E-state index in [1.54, 1.807) is 17.3 Å². The van der Waals surface area contributed by atoms with Crippen molar-refractivity contribution in [2.24, 2.45) is 23.5 Å². The van der Waals surface area contributed by atoms with Crippen LogP contribution in [0.2, 0.25) is 0 Å². The Hall–Kier alpha value is -5.66. The first-order chi connectivity index (χ1) is 25.7. The minimum Gasteiger partial charge on any atom is -0.453 e. The van der Waals surface area contributed by atoms with Gasteiger partial charge in [-0.15, -0.1) is 0 Å². The maximum atomic E-state index is 13.5. The summed E-state index contributed by atoms with van der Waals surface area (Å²) in [6, 6.07) is 13.9. The molecule has 14 heteroatoms. The predicted octanol–water partition coefficient (Wildman–Crippen LogP) is 6.45. The molecule has 4 aromatic rings. The molecule has 54 heavy (non-hydrogen) atoms. The average molecular weight is 741 g/mol. The molecule has 5 N–H and O–H groups in total. The lowest BCUT2D eigenvalue weighted by Crippen LogP contribution is -2.53. The van der Waals surface area contributed by atoms with Gasteiger partial charge in [0, 0.05) is 6.54 Å². The van der Waals surface area contributed by atoms with E-state index in [4.69, 9.17) is 15.2 Å². The highest BCUT2D eigenvalue weighted by atomic mass is 16.5. The van der Waals surface area contributed by atoms with Crippen molar-refractivity contribution in [1.82, 2.24) is 35.1 Å². The number of imidazole rings is 2. The monoisotopic (exact) mass is 740 g/mol. The molecule has 1 aliphatic heterocycles. The molecule has 4 amide bonds. The van der Waals surface area contributed by atoms with Crippen molar-refractivity contribution in [3.05, 3.63) is 72.6 Å². The van der Waals surface area contributed by atoms with Crippen LogP contribution in [0.3, 0.4) is 0 Å². The van der Waals surface area contributed by atoms with E-state index in [9.17, 15) is 19.2 Å². The number of nitrogens with zero attached hydrogens (tertiary/aromatic N) is 4. The number of primary amides is 1. The van der Waals surface area contributed by atoms with E-state index in [1.165, 1.54) is 19.1 Å². The maximum absolute atomic E-state index is 13.5. The van der Waals surface area contributed by atoms with Crippen LogP contribution in [0, 0.1) is 17.8 Å². The van der Waals surface area contributed by atoms with Crippen molar-refractivity contribution >= 4 is 24.0 Å². The highest BCUT2D eigenvalue weighted by Gasteiger charge is 2.41. The number of H-pyrrole nitrogens is 2. The number of amides is 4. The molecule has 0 bridgehead atoms. The molecule has 3 heterocycles. The maximum Gasteiger partial charge on any atom is 0.410 e. The van der Waals surface area contributed by atoms with E-state index in [2.05, 4.69) is 37.4 Å². The molecule has 1 saturated heterocycles. The molecular weight excluding hydrogens is 688 g/mol. The predicted molar refractivity (Wildman–Crippen MR) is 205 cm³/mol. The second kappa shape index (κ2) is 17.0. The number of ether oxygens (including phenoxy) is 2. The molecule has 4 atom stereocenters. The minimum atomic E-state index is -0.881. The van der Waals surface area contributed by atoms with Crippen LogP contribution in [0.4, 0.5) is 9.59 Å². The van der Waals surface area contributed by atoms with Gasteiger partial charge in [-0.3, -0.25) is 14.5 Å². The number of rotatable bonds is 13. The normalized spacial score (nSPS) is 16.0. The van der Waals surface area contributed by atoms with Gasteiger partial charge in [0.2, 0.25) is 11.8 Å². The van der Waals surface area contributed by atoms with Crippen LogP contribution in [-0.2, 0) is 19.1 Å². The molecule has 0 radical (unpaired) electrons. The fourth-order valence-electron chi connectivity index (χ4n) is 7.22. The van der Waals surface area contributed by atoms with E-state index < -0.39 is 36.2 Å². The Morgan fingerprint density at radius 3 is 1.85 bits per heavy atom. The standard InChI is InChI=1S/C40H52N8O6/c1-22(2)32(46-39(51)53-7)38(50)47-19-9-10-31(47)36-42-20-29(44-36)27-15-11-25(12-16-27)26-13-17-28(18-14-26)30-21-43-37(45-30)34(24(5)6)48(40(52)54-8)33(23(3)4)35(41)49/h11-18,20-24,31-34H,9-10,19H2,1-8H3,(H2,41,49)(H,42,44)(H,43,45)(H,46,51)/t31?,32-,33-,34+/m0/s1. The number of alkyl carbamates (subject to hydrolysis) is 1. The molecule has 2 aromatic heterocycles. The molecule has 5 rings (SSSR count). The lowest BCUT2D eigenvalue weighted by molar-refractivity contribution is -0.135. The number of carbonyl (C=O) groups excluding carboxylic acids is 4. The van der Waals surface area contributed by atoms with E-state index in [0.717, 1.165) is 46.5 Å². The first-order valence-corrected chi connectivity index (χ1v) is 18.4. The van der Waals surface area contributed by atoms with Crippen molar-refractivity contribution < 1.29 is 28.7 Å². The molecule has 0 aliphatic carbocycles. The molecular formula is C40H52N8O6. The summed E-state index contributed by atoms with van der Waals surface area (Å²) in [7, 11) is 2.57. The second-order valence-corrected chi connectivity index (χ2v) is 14.7. The van der Waals surface area contributed by atoms with E-state index in [-0.39, 0.29) is 29.7 Å². The quantitative estimate of drug-likeness (QED) is 0.120. The first kappa shape index (κ1) is 39.5. The second-order valence-electron chi connectivity index (χ2n) is 14.7. The van der Waals surface area contributed by atoms with Crippen LogP contribution in [-0.4, -0.2) is 86.6 Å². The smallest absolute Gasteiger partial charge is 0.410 e. The molecule has 2 aromatic carbocycles.